The second-order valence-corrected chi connectivity index (χ2v) is 6.29. The van der Waals surface area contributed by atoms with E-state index in [1.165, 1.54) is 41.5 Å². The Bertz CT molecular complexity index is 1060. The summed E-state index contributed by atoms with van der Waals surface area (Å²) in [5, 5.41) is 10.5. The second kappa shape index (κ2) is 7.11. The number of benzene rings is 1. The van der Waals surface area contributed by atoms with Gasteiger partial charge in [0, 0.05) is 24.5 Å². The summed E-state index contributed by atoms with van der Waals surface area (Å²) in [6.07, 6.45) is 4.47. The van der Waals surface area contributed by atoms with Gasteiger partial charge in [-0.1, -0.05) is 24.3 Å². The maximum absolute atomic E-state index is 14.6. The maximum Gasteiger partial charge on any atom is 0.290 e. The molecule has 4 rings (SSSR count). The lowest BCUT2D eigenvalue weighted by atomic mass is 9.94. The van der Waals surface area contributed by atoms with E-state index in [9.17, 15) is 19.1 Å². The van der Waals surface area contributed by atoms with Gasteiger partial charge in [-0.05, 0) is 29.8 Å². The van der Waals surface area contributed by atoms with E-state index < -0.39 is 29.3 Å². The van der Waals surface area contributed by atoms with Crippen molar-refractivity contribution in [2.45, 2.75) is 12.6 Å². The Labute approximate surface area is 159 Å². The van der Waals surface area contributed by atoms with Crippen molar-refractivity contribution in [3.63, 3.8) is 0 Å². The van der Waals surface area contributed by atoms with Gasteiger partial charge in [0.25, 0.3) is 5.91 Å². The van der Waals surface area contributed by atoms with Gasteiger partial charge in [0.1, 0.15) is 5.82 Å². The molecule has 0 radical (unpaired) electrons. The van der Waals surface area contributed by atoms with Crippen LogP contribution in [0, 0.1) is 5.82 Å². The number of aromatic nitrogens is 1. The summed E-state index contributed by atoms with van der Waals surface area (Å²) in [5.74, 6) is -2.77. The fraction of sp³-hybridized carbons (Fsp3) is 0.0952. The van der Waals surface area contributed by atoms with Crippen LogP contribution in [0.4, 0.5) is 4.39 Å². The number of pyridine rings is 1. The minimum atomic E-state index is -1.09. The number of carbonyl (C=O) groups excluding carboxylic acids is 2. The molecule has 0 saturated heterocycles. The number of aliphatic hydroxyl groups excluding tert-OH is 1. The molecule has 28 heavy (non-hydrogen) atoms. The van der Waals surface area contributed by atoms with Crippen LogP contribution in [0.15, 0.2) is 82.9 Å². The van der Waals surface area contributed by atoms with Gasteiger partial charge in [0.15, 0.2) is 11.5 Å². The number of nitrogens with zero attached hydrogens (tertiary/aromatic N) is 2. The Morgan fingerprint density at radius 1 is 1.18 bits per heavy atom. The van der Waals surface area contributed by atoms with Gasteiger partial charge in [-0.2, -0.15) is 0 Å². The molecule has 0 spiro atoms. The van der Waals surface area contributed by atoms with E-state index >= 15 is 0 Å². The highest BCUT2D eigenvalue weighted by molar-refractivity contribution is 6.15. The lowest BCUT2D eigenvalue weighted by Crippen LogP contribution is -2.31. The van der Waals surface area contributed by atoms with Crippen molar-refractivity contribution in [1.82, 2.24) is 9.88 Å². The number of hydrogen-bond acceptors (Lipinski definition) is 5. The number of furan rings is 1. The third-order valence-electron chi connectivity index (χ3n) is 4.57. The first-order chi connectivity index (χ1) is 13.6. The minimum Gasteiger partial charge on any atom is -0.503 e. The number of hydrogen-bond donors (Lipinski definition) is 1. The van der Waals surface area contributed by atoms with Crippen molar-refractivity contribution in [2.75, 3.05) is 0 Å². The van der Waals surface area contributed by atoms with Crippen molar-refractivity contribution in [3.05, 3.63) is 101 Å². The summed E-state index contributed by atoms with van der Waals surface area (Å²) in [6.45, 7) is 0.0463. The highest BCUT2D eigenvalue weighted by Crippen LogP contribution is 2.40. The molecule has 7 heteroatoms. The van der Waals surface area contributed by atoms with E-state index in [0.29, 0.717) is 5.56 Å². The zero-order chi connectivity index (χ0) is 19.7. The molecule has 1 N–H and O–H groups in total. The molecule has 1 atom stereocenters. The summed E-state index contributed by atoms with van der Waals surface area (Å²) in [4.78, 5) is 31.0. The molecule has 1 aliphatic rings. The second-order valence-electron chi connectivity index (χ2n) is 6.29. The topological polar surface area (TPSA) is 83.6 Å². The molecule has 0 bridgehead atoms. The van der Waals surface area contributed by atoms with Gasteiger partial charge in [-0.3, -0.25) is 14.6 Å². The standard InChI is InChI=1S/C21H15FN2O4/c22-15-7-2-1-6-14(15)18-17(19(25)16-8-4-10-28-16)20(26)21(27)24(18)12-13-5-3-9-23-11-13/h1-11,18,26H,12H2/t18-/m0/s1. The Balaban J connectivity index is 1.82. The van der Waals surface area contributed by atoms with E-state index in [1.54, 1.807) is 30.6 Å². The molecule has 3 aromatic rings. The third kappa shape index (κ3) is 2.96. The zero-order valence-electron chi connectivity index (χ0n) is 14.6. The SMILES string of the molecule is O=C(C1=C(O)C(=O)N(Cc2cccnc2)[C@H]1c1ccccc1F)c1ccco1. The number of Topliss-reactive ketones (excluding diaryl/α,β-unsaturated/α-hetero) is 1. The Hall–Kier alpha value is -3.74. The monoisotopic (exact) mass is 378 g/mol. The summed E-state index contributed by atoms with van der Waals surface area (Å²) >= 11 is 0. The maximum atomic E-state index is 14.6. The van der Waals surface area contributed by atoms with Crippen LogP contribution >= 0.6 is 0 Å². The van der Waals surface area contributed by atoms with Crippen LogP contribution in [-0.2, 0) is 11.3 Å². The first kappa shape index (κ1) is 17.7. The smallest absolute Gasteiger partial charge is 0.290 e. The third-order valence-corrected chi connectivity index (χ3v) is 4.57. The van der Waals surface area contributed by atoms with Gasteiger partial charge in [0.05, 0.1) is 17.9 Å². The fourth-order valence-corrected chi connectivity index (χ4v) is 3.30. The molecule has 0 aliphatic carbocycles. The Kier molecular flexibility index (Phi) is 4.49. The van der Waals surface area contributed by atoms with E-state index in [1.807, 2.05) is 0 Å². The zero-order valence-corrected chi connectivity index (χ0v) is 14.6. The molecular formula is C21H15FN2O4. The predicted molar refractivity (Wildman–Crippen MR) is 96.6 cm³/mol. The molecule has 0 unspecified atom stereocenters. The van der Waals surface area contributed by atoms with Crippen LogP contribution in [0.2, 0.25) is 0 Å². The average Bonchev–Trinajstić information content (AvgIpc) is 3.32. The van der Waals surface area contributed by atoms with Gasteiger partial charge in [0.2, 0.25) is 5.78 Å². The van der Waals surface area contributed by atoms with Crippen molar-refractivity contribution < 1.29 is 23.5 Å². The van der Waals surface area contributed by atoms with E-state index in [-0.39, 0.29) is 23.4 Å². The number of rotatable bonds is 5. The van der Waals surface area contributed by atoms with Crippen LogP contribution in [0.1, 0.15) is 27.7 Å². The van der Waals surface area contributed by atoms with Gasteiger partial charge in [-0.15, -0.1) is 0 Å². The lowest BCUT2D eigenvalue weighted by molar-refractivity contribution is -0.130. The summed E-state index contributed by atoms with van der Waals surface area (Å²) in [6, 6.07) is 11.2. The largest absolute Gasteiger partial charge is 0.503 e. The summed E-state index contributed by atoms with van der Waals surface area (Å²) < 4.78 is 19.7. The van der Waals surface area contributed by atoms with Crippen molar-refractivity contribution in [2.24, 2.45) is 0 Å². The van der Waals surface area contributed by atoms with E-state index in [0.717, 1.165) is 0 Å². The number of aliphatic hydroxyl groups is 1. The molecule has 0 fully saturated rings. The van der Waals surface area contributed by atoms with E-state index in [2.05, 4.69) is 4.98 Å². The molecule has 140 valence electrons. The number of ketones is 1. The predicted octanol–water partition coefficient (Wildman–Crippen LogP) is 3.59. The Morgan fingerprint density at radius 2 is 2.00 bits per heavy atom. The molecular weight excluding hydrogens is 363 g/mol. The quantitative estimate of drug-likeness (QED) is 0.686. The Morgan fingerprint density at radius 3 is 2.68 bits per heavy atom. The summed E-state index contributed by atoms with van der Waals surface area (Å²) in [7, 11) is 0. The highest BCUT2D eigenvalue weighted by atomic mass is 19.1. The van der Waals surface area contributed by atoms with Gasteiger partial charge >= 0.3 is 0 Å². The van der Waals surface area contributed by atoms with Crippen LogP contribution in [0.25, 0.3) is 0 Å². The molecule has 3 heterocycles. The summed E-state index contributed by atoms with van der Waals surface area (Å²) in [5.41, 5.74) is 0.573. The highest BCUT2D eigenvalue weighted by Gasteiger charge is 2.45. The number of halogens is 1. The number of carbonyl (C=O) groups is 2. The molecule has 1 aliphatic heterocycles. The molecule has 2 aromatic heterocycles. The van der Waals surface area contributed by atoms with E-state index in [4.69, 9.17) is 4.42 Å². The van der Waals surface area contributed by atoms with Gasteiger partial charge in [-0.25, -0.2) is 4.39 Å². The molecule has 0 saturated carbocycles. The minimum absolute atomic E-state index is 0.0427. The molecule has 1 aromatic carbocycles. The first-order valence-corrected chi connectivity index (χ1v) is 8.53. The van der Waals surface area contributed by atoms with Crippen LogP contribution in [0.3, 0.4) is 0 Å². The van der Waals surface area contributed by atoms with Crippen molar-refractivity contribution in [1.29, 1.82) is 0 Å². The van der Waals surface area contributed by atoms with Crippen LogP contribution in [0.5, 0.6) is 0 Å². The normalized spacial score (nSPS) is 16.7. The van der Waals surface area contributed by atoms with Gasteiger partial charge < -0.3 is 14.4 Å². The lowest BCUT2D eigenvalue weighted by Gasteiger charge is -2.27. The van der Waals surface area contributed by atoms with Crippen LogP contribution < -0.4 is 0 Å². The molecule has 6 nitrogen and oxygen atoms in total. The molecule has 1 amide bonds. The van der Waals surface area contributed by atoms with Crippen LogP contribution in [-0.4, -0.2) is 26.7 Å². The van der Waals surface area contributed by atoms with Crippen molar-refractivity contribution >= 4 is 11.7 Å². The number of amides is 1. The average molecular weight is 378 g/mol. The first-order valence-electron chi connectivity index (χ1n) is 8.53. The fourth-order valence-electron chi connectivity index (χ4n) is 3.30. The van der Waals surface area contributed by atoms with Crippen molar-refractivity contribution in [3.8, 4) is 0 Å².